The number of rotatable bonds is 6. The number of carbonyl (C=O) groups excluding carboxylic acids is 2. The predicted molar refractivity (Wildman–Crippen MR) is 109 cm³/mol. The van der Waals surface area contributed by atoms with Crippen molar-refractivity contribution in [2.24, 2.45) is 5.92 Å². The summed E-state index contributed by atoms with van der Waals surface area (Å²) in [7, 11) is 1.77. The van der Waals surface area contributed by atoms with Crippen LogP contribution in [-0.2, 0) is 22.6 Å². The average Bonchev–Trinajstić information content (AvgIpc) is 3.43. The van der Waals surface area contributed by atoms with Gasteiger partial charge in [-0.25, -0.2) is 0 Å². The van der Waals surface area contributed by atoms with Crippen molar-refractivity contribution in [2.45, 2.75) is 25.4 Å². The minimum Gasteiger partial charge on any atom is -0.337 e. The molecule has 3 heterocycles. The number of anilines is 1. The summed E-state index contributed by atoms with van der Waals surface area (Å²) in [6.07, 6.45) is 4.59. The van der Waals surface area contributed by atoms with E-state index in [0.717, 1.165) is 17.8 Å². The van der Waals surface area contributed by atoms with Gasteiger partial charge in [0.1, 0.15) is 0 Å². The van der Waals surface area contributed by atoms with E-state index in [1.54, 1.807) is 29.5 Å². The van der Waals surface area contributed by atoms with E-state index in [2.05, 4.69) is 22.5 Å². The quantitative estimate of drug-likeness (QED) is 0.697. The van der Waals surface area contributed by atoms with Gasteiger partial charge >= 0.3 is 0 Å². The van der Waals surface area contributed by atoms with Crippen LogP contribution in [0.5, 0.6) is 0 Å². The topological polar surface area (TPSA) is 67.2 Å². The molecule has 2 aromatic heterocycles. The lowest BCUT2D eigenvalue weighted by Gasteiger charge is -2.23. The number of hydrogen-bond acceptors (Lipinski definition) is 4. The molecule has 1 fully saturated rings. The van der Waals surface area contributed by atoms with Gasteiger partial charge in [0.25, 0.3) is 0 Å². The molecule has 0 saturated carbocycles. The van der Waals surface area contributed by atoms with Gasteiger partial charge in [-0.15, -0.1) is 11.3 Å². The van der Waals surface area contributed by atoms with Crippen LogP contribution in [0.3, 0.4) is 0 Å². The highest BCUT2D eigenvalue weighted by Gasteiger charge is 2.43. The number of nitrogens with one attached hydrogen (secondary N) is 1. The van der Waals surface area contributed by atoms with E-state index in [1.165, 1.54) is 5.56 Å². The fourth-order valence-electron chi connectivity index (χ4n) is 3.63. The SMILES string of the molecule is CN1C(=O)CC(C(=O)Nc2cnn(CCc3ccccc3)c2)C1c1cccs1. The zero-order valence-corrected chi connectivity index (χ0v) is 16.4. The van der Waals surface area contributed by atoms with Gasteiger partial charge in [0, 0.05) is 31.1 Å². The van der Waals surface area contributed by atoms with Crippen molar-refractivity contribution in [3.8, 4) is 0 Å². The summed E-state index contributed by atoms with van der Waals surface area (Å²) in [6.45, 7) is 0.738. The summed E-state index contributed by atoms with van der Waals surface area (Å²) in [5, 5.41) is 9.25. The first-order valence-corrected chi connectivity index (χ1v) is 10.2. The van der Waals surface area contributed by atoms with Crippen LogP contribution in [0.15, 0.2) is 60.2 Å². The van der Waals surface area contributed by atoms with Crippen LogP contribution in [0, 0.1) is 5.92 Å². The zero-order valence-electron chi connectivity index (χ0n) is 15.6. The molecule has 0 bridgehead atoms. The van der Waals surface area contributed by atoms with E-state index in [0.29, 0.717) is 5.69 Å². The third kappa shape index (κ3) is 3.84. The number of nitrogens with zero attached hydrogens (tertiary/aromatic N) is 3. The fraction of sp³-hybridized carbons (Fsp3) is 0.286. The zero-order chi connectivity index (χ0) is 19.5. The molecule has 1 saturated heterocycles. The van der Waals surface area contributed by atoms with E-state index in [4.69, 9.17) is 0 Å². The second kappa shape index (κ2) is 7.98. The highest BCUT2D eigenvalue weighted by atomic mass is 32.1. The summed E-state index contributed by atoms with van der Waals surface area (Å²) in [6, 6.07) is 13.9. The lowest BCUT2D eigenvalue weighted by Crippen LogP contribution is -2.29. The number of thiophene rings is 1. The molecule has 0 spiro atoms. The smallest absolute Gasteiger partial charge is 0.230 e. The Morgan fingerprint density at radius 3 is 2.82 bits per heavy atom. The highest BCUT2D eigenvalue weighted by molar-refractivity contribution is 7.10. The third-order valence-corrected chi connectivity index (χ3v) is 6.07. The van der Waals surface area contributed by atoms with Crippen molar-refractivity contribution in [1.82, 2.24) is 14.7 Å². The lowest BCUT2D eigenvalue weighted by atomic mass is 9.98. The van der Waals surface area contributed by atoms with Gasteiger partial charge in [-0.2, -0.15) is 5.10 Å². The van der Waals surface area contributed by atoms with E-state index in [1.807, 2.05) is 46.6 Å². The van der Waals surface area contributed by atoms with E-state index >= 15 is 0 Å². The Morgan fingerprint density at radius 2 is 2.07 bits per heavy atom. The van der Waals surface area contributed by atoms with Crippen LogP contribution < -0.4 is 5.32 Å². The van der Waals surface area contributed by atoms with Gasteiger partial charge < -0.3 is 10.2 Å². The molecule has 0 aliphatic carbocycles. The number of likely N-dealkylation sites (tertiary alicyclic amines) is 1. The van der Waals surface area contributed by atoms with E-state index in [9.17, 15) is 9.59 Å². The molecule has 1 aliphatic heterocycles. The summed E-state index contributed by atoms with van der Waals surface area (Å²) < 4.78 is 1.82. The van der Waals surface area contributed by atoms with Crippen LogP contribution >= 0.6 is 11.3 Å². The second-order valence-corrected chi connectivity index (χ2v) is 7.97. The Kier molecular flexibility index (Phi) is 5.25. The van der Waals surface area contributed by atoms with Crippen LogP contribution in [0.4, 0.5) is 5.69 Å². The van der Waals surface area contributed by atoms with Gasteiger partial charge in [0.05, 0.1) is 23.8 Å². The maximum Gasteiger partial charge on any atom is 0.230 e. The Bertz CT molecular complexity index is 952. The molecule has 2 amide bonds. The molecule has 2 atom stereocenters. The third-order valence-electron chi connectivity index (χ3n) is 5.13. The van der Waals surface area contributed by atoms with Gasteiger partial charge in [-0.05, 0) is 23.4 Å². The van der Waals surface area contributed by atoms with Crippen molar-refractivity contribution in [1.29, 1.82) is 0 Å². The Balaban J connectivity index is 1.41. The number of hydrogen-bond donors (Lipinski definition) is 1. The Hall–Kier alpha value is -2.93. The van der Waals surface area contributed by atoms with Gasteiger partial charge in [0.15, 0.2) is 0 Å². The average molecular weight is 395 g/mol. The van der Waals surface area contributed by atoms with Crippen molar-refractivity contribution in [3.63, 3.8) is 0 Å². The lowest BCUT2D eigenvalue weighted by molar-refractivity contribution is -0.127. The molecular formula is C21H22N4O2S. The van der Waals surface area contributed by atoms with Crippen molar-refractivity contribution >= 4 is 28.8 Å². The molecule has 1 N–H and O–H groups in total. The molecular weight excluding hydrogens is 372 g/mol. The van der Waals surface area contributed by atoms with Crippen molar-refractivity contribution in [2.75, 3.05) is 12.4 Å². The van der Waals surface area contributed by atoms with Crippen molar-refractivity contribution in [3.05, 3.63) is 70.7 Å². The Labute approximate surface area is 167 Å². The molecule has 4 rings (SSSR count). The number of aryl methyl sites for hydroxylation is 2. The maximum absolute atomic E-state index is 12.9. The molecule has 1 aliphatic rings. The van der Waals surface area contributed by atoms with Gasteiger partial charge in [0.2, 0.25) is 11.8 Å². The minimum absolute atomic E-state index is 0.00268. The van der Waals surface area contributed by atoms with Crippen LogP contribution in [0.2, 0.25) is 0 Å². The molecule has 6 nitrogen and oxygen atoms in total. The van der Waals surface area contributed by atoms with Crippen LogP contribution in [-0.4, -0.2) is 33.5 Å². The summed E-state index contributed by atoms with van der Waals surface area (Å²) in [4.78, 5) is 27.8. The van der Waals surface area contributed by atoms with Crippen LogP contribution in [0.25, 0.3) is 0 Å². The second-order valence-electron chi connectivity index (χ2n) is 6.99. The Morgan fingerprint density at radius 1 is 1.25 bits per heavy atom. The largest absolute Gasteiger partial charge is 0.337 e. The summed E-state index contributed by atoms with van der Waals surface area (Å²) in [5.74, 6) is -0.542. The number of amides is 2. The molecule has 0 radical (unpaired) electrons. The van der Waals surface area contributed by atoms with E-state index in [-0.39, 0.29) is 24.3 Å². The van der Waals surface area contributed by atoms with Crippen molar-refractivity contribution < 1.29 is 9.59 Å². The number of benzene rings is 1. The highest BCUT2D eigenvalue weighted by Crippen LogP contribution is 2.39. The standard InChI is InChI=1S/C21H22N4O2S/c1-24-19(26)12-17(20(24)18-8-5-11-28-18)21(27)23-16-13-22-25(14-16)10-9-15-6-3-2-4-7-15/h2-8,11,13-14,17,20H,9-10,12H2,1H3,(H,23,27). The summed E-state index contributed by atoms with van der Waals surface area (Å²) >= 11 is 1.57. The molecule has 28 heavy (non-hydrogen) atoms. The first-order valence-electron chi connectivity index (χ1n) is 9.28. The molecule has 2 unspecified atom stereocenters. The van der Waals surface area contributed by atoms with Gasteiger partial charge in [-0.1, -0.05) is 36.4 Å². The minimum atomic E-state index is -0.399. The number of aromatic nitrogens is 2. The normalized spacial score (nSPS) is 19.2. The molecule has 144 valence electrons. The molecule has 7 heteroatoms. The fourth-order valence-corrected chi connectivity index (χ4v) is 4.56. The summed E-state index contributed by atoms with van der Waals surface area (Å²) in [5.41, 5.74) is 1.90. The molecule has 3 aromatic rings. The first kappa shape index (κ1) is 18.4. The van der Waals surface area contributed by atoms with E-state index < -0.39 is 5.92 Å². The number of carbonyl (C=O) groups is 2. The molecule has 1 aromatic carbocycles. The van der Waals surface area contributed by atoms with Gasteiger partial charge in [-0.3, -0.25) is 14.3 Å². The maximum atomic E-state index is 12.9. The predicted octanol–water partition coefficient (Wildman–Crippen LogP) is 3.35. The van der Waals surface area contributed by atoms with Crippen LogP contribution in [0.1, 0.15) is 22.9 Å². The monoisotopic (exact) mass is 394 g/mol. The first-order chi connectivity index (χ1) is 13.6.